The third-order valence-corrected chi connectivity index (χ3v) is 3.73. The van der Waals surface area contributed by atoms with Gasteiger partial charge in [-0.25, -0.2) is 9.18 Å². The van der Waals surface area contributed by atoms with Gasteiger partial charge in [0.1, 0.15) is 5.82 Å². The summed E-state index contributed by atoms with van der Waals surface area (Å²) in [5, 5.41) is 9.27. The molecule has 21 heavy (non-hydrogen) atoms. The lowest BCUT2D eigenvalue weighted by Gasteiger charge is -2.34. The summed E-state index contributed by atoms with van der Waals surface area (Å²) in [5.74, 6) is -0.882. The van der Waals surface area contributed by atoms with E-state index in [9.17, 15) is 14.3 Å². The number of nitrogens with two attached hydrogens (primary N) is 1. The number of esters is 1. The van der Waals surface area contributed by atoms with Gasteiger partial charge in [0.2, 0.25) is 0 Å². The van der Waals surface area contributed by atoms with Crippen molar-refractivity contribution in [1.29, 1.82) is 0 Å². The summed E-state index contributed by atoms with van der Waals surface area (Å²) in [7, 11) is 0. The first-order chi connectivity index (χ1) is 10.1. The minimum absolute atomic E-state index is 0.0745. The molecule has 0 bridgehead atoms. The van der Waals surface area contributed by atoms with Crippen LogP contribution in [0.3, 0.4) is 0 Å². The van der Waals surface area contributed by atoms with E-state index in [4.69, 9.17) is 10.5 Å². The molecule has 2 rings (SSSR count). The van der Waals surface area contributed by atoms with Gasteiger partial charge in [-0.3, -0.25) is 0 Å². The molecule has 0 saturated carbocycles. The normalized spacial score (nSPS) is 18.6. The van der Waals surface area contributed by atoms with E-state index < -0.39 is 11.8 Å². The zero-order valence-corrected chi connectivity index (χ0v) is 12.1. The van der Waals surface area contributed by atoms with Crippen molar-refractivity contribution in [3.05, 3.63) is 23.5 Å². The summed E-state index contributed by atoms with van der Waals surface area (Å²) < 4.78 is 19.1. The van der Waals surface area contributed by atoms with E-state index in [0.29, 0.717) is 18.8 Å². The lowest BCUT2D eigenvalue weighted by Crippen LogP contribution is -2.37. The molecule has 0 radical (unpaired) electrons. The molecular formula is C15H21FN2O3. The Hall–Kier alpha value is -1.82. The van der Waals surface area contributed by atoms with Gasteiger partial charge < -0.3 is 20.5 Å². The number of nitrogens with zero attached hydrogens (tertiary/aromatic N) is 1. The van der Waals surface area contributed by atoms with Crippen molar-refractivity contribution in [3.63, 3.8) is 0 Å². The van der Waals surface area contributed by atoms with Gasteiger partial charge in [-0.15, -0.1) is 0 Å². The van der Waals surface area contributed by atoms with Crippen LogP contribution in [0.2, 0.25) is 0 Å². The fourth-order valence-electron chi connectivity index (χ4n) is 2.64. The quantitative estimate of drug-likeness (QED) is 0.654. The number of piperidine rings is 1. The Kier molecular flexibility index (Phi) is 5.01. The van der Waals surface area contributed by atoms with Crippen molar-refractivity contribution < 1.29 is 19.0 Å². The predicted molar refractivity (Wildman–Crippen MR) is 78.8 cm³/mol. The summed E-state index contributed by atoms with van der Waals surface area (Å²) in [6.45, 7) is 3.29. The number of hydrogen-bond acceptors (Lipinski definition) is 5. The average Bonchev–Trinajstić information content (AvgIpc) is 2.47. The molecule has 0 aromatic heterocycles. The van der Waals surface area contributed by atoms with Gasteiger partial charge in [-0.05, 0) is 37.8 Å². The highest BCUT2D eigenvalue weighted by Crippen LogP contribution is 2.29. The molecule has 0 aliphatic carbocycles. The number of aliphatic hydroxyl groups excluding tert-OH is 1. The highest BCUT2D eigenvalue weighted by atomic mass is 19.1. The average molecular weight is 296 g/mol. The fraction of sp³-hybridized carbons (Fsp3) is 0.533. The lowest BCUT2D eigenvalue weighted by molar-refractivity contribution is 0.0527. The van der Waals surface area contributed by atoms with Crippen molar-refractivity contribution in [2.24, 2.45) is 5.92 Å². The number of halogens is 1. The molecule has 1 aromatic rings. The highest BCUT2D eigenvalue weighted by molar-refractivity contribution is 5.96. The minimum atomic E-state index is -0.549. The van der Waals surface area contributed by atoms with Crippen LogP contribution in [0.4, 0.5) is 15.8 Å². The summed E-state index contributed by atoms with van der Waals surface area (Å²) in [6, 6.07) is 2.60. The molecule has 1 aliphatic heterocycles. The Morgan fingerprint density at radius 3 is 3.00 bits per heavy atom. The van der Waals surface area contributed by atoms with Crippen molar-refractivity contribution in [3.8, 4) is 0 Å². The summed E-state index contributed by atoms with van der Waals surface area (Å²) in [6.07, 6.45) is 1.80. The van der Waals surface area contributed by atoms with Crippen molar-refractivity contribution in [2.75, 3.05) is 36.9 Å². The Morgan fingerprint density at radius 1 is 1.57 bits per heavy atom. The maximum atomic E-state index is 14.2. The number of carbonyl (C=O) groups is 1. The molecule has 6 heteroatoms. The van der Waals surface area contributed by atoms with Crippen LogP contribution in [0.5, 0.6) is 0 Å². The first-order valence-corrected chi connectivity index (χ1v) is 7.18. The van der Waals surface area contributed by atoms with E-state index >= 15 is 0 Å². The van der Waals surface area contributed by atoms with E-state index in [1.54, 1.807) is 6.92 Å². The van der Waals surface area contributed by atoms with Gasteiger partial charge in [0, 0.05) is 25.4 Å². The third kappa shape index (κ3) is 3.44. The topological polar surface area (TPSA) is 75.8 Å². The number of carbonyl (C=O) groups excluding carboxylic acids is 1. The summed E-state index contributed by atoms with van der Waals surface area (Å²) >= 11 is 0. The molecule has 1 atom stereocenters. The van der Waals surface area contributed by atoms with E-state index in [1.165, 1.54) is 6.07 Å². The van der Waals surface area contributed by atoms with Crippen molar-refractivity contribution in [2.45, 2.75) is 19.8 Å². The molecule has 1 aromatic carbocycles. The molecule has 116 valence electrons. The molecule has 0 spiro atoms. The van der Waals surface area contributed by atoms with E-state index in [-0.39, 0.29) is 30.4 Å². The second kappa shape index (κ2) is 6.76. The second-order valence-corrected chi connectivity index (χ2v) is 5.25. The van der Waals surface area contributed by atoms with E-state index in [0.717, 1.165) is 18.9 Å². The Morgan fingerprint density at radius 2 is 2.33 bits per heavy atom. The van der Waals surface area contributed by atoms with Crippen molar-refractivity contribution in [1.82, 2.24) is 0 Å². The predicted octanol–water partition coefficient (Wildman–Crippen LogP) is 1.79. The lowest BCUT2D eigenvalue weighted by atomic mass is 9.98. The van der Waals surface area contributed by atoms with Crippen LogP contribution in [0.25, 0.3) is 0 Å². The molecule has 1 saturated heterocycles. The molecule has 0 amide bonds. The van der Waals surface area contributed by atoms with E-state index in [1.807, 2.05) is 4.90 Å². The van der Waals surface area contributed by atoms with Gasteiger partial charge in [0.15, 0.2) is 0 Å². The van der Waals surface area contributed by atoms with Gasteiger partial charge in [0.05, 0.1) is 17.9 Å². The SMILES string of the molecule is CCOC(=O)c1cc(N2CCCC(CO)C2)c(F)cc1N. The maximum Gasteiger partial charge on any atom is 0.340 e. The van der Waals surface area contributed by atoms with Crippen LogP contribution >= 0.6 is 0 Å². The molecule has 1 heterocycles. The Bertz CT molecular complexity index is 522. The van der Waals surface area contributed by atoms with Gasteiger partial charge in [-0.2, -0.15) is 0 Å². The summed E-state index contributed by atoms with van der Waals surface area (Å²) in [4.78, 5) is 13.7. The third-order valence-electron chi connectivity index (χ3n) is 3.73. The van der Waals surface area contributed by atoms with Gasteiger partial charge in [0.25, 0.3) is 0 Å². The van der Waals surface area contributed by atoms with E-state index in [2.05, 4.69) is 0 Å². The Balaban J connectivity index is 2.30. The van der Waals surface area contributed by atoms with Crippen LogP contribution in [0.1, 0.15) is 30.1 Å². The monoisotopic (exact) mass is 296 g/mol. The van der Waals surface area contributed by atoms with Gasteiger partial charge >= 0.3 is 5.97 Å². The van der Waals surface area contributed by atoms with Crippen LogP contribution in [0.15, 0.2) is 12.1 Å². The van der Waals surface area contributed by atoms with Crippen LogP contribution in [-0.4, -0.2) is 37.4 Å². The molecule has 1 fully saturated rings. The van der Waals surface area contributed by atoms with Crippen LogP contribution in [-0.2, 0) is 4.74 Å². The van der Waals surface area contributed by atoms with Crippen LogP contribution < -0.4 is 10.6 Å². The number of aliphatic hydroxyl groups is 1. The van der Waals surface area contributed by atoms with Crippen LogP contribution in [0, 0.1) is 11.7 Å². The molecular weight excluding hydrogens is 275 g/mol. The first-order valence-electron chi connectivity index (χ1n) is 7.18. The molecule has 1 unspecified atom stereocenters. The summed E-state index contributed by atoms with van der Waals surface area (Å²) in [5.41, 5.74) is 6.30. The zero-order chi connectivity index (χ0) is 15.4. The molecule has 1 aliphatic rings. The molecule has 3 N–H and O–H groups in total. The van der Waals surface area contributed by atoms with Crippen molar-refractivity contribution >= 4 is 17.3 Å². The number of rotatable bonds is 4. The standard InChI is InChI=1S/C15H21FN2O3/c1-2-21-15(20)11-6-14(12(16)7-13(11)17)18-5-3-4-10(8-18)9-19/h6-7,10,19H,2-5,8-9,17H2,1H3. The maximum absolute atomic E-state index is 14.2. The zero-order valence-electron chi connectivity index (χ0n) is 12.1. The fourth-order valence-corrected chi connectivity index (χ4v) is 2.64. The smallest absolute Gasteiger partial charge is 0.340 e. The van der Waals surface area contributed by atoms with Gasteiger partial charge in [-0.1, -0.05) is 0 Å². The first kappa shape index (κ1) is 15.6. The number of hydrogen-bond donors (Lipinski definition) is 2. The number of anilines is 2. The second-order valence-electron chi connectivity index (χ2n) is 5.25. The minimum Gasteiger partial charge on any atom is -0.462 e. The number of benzene rings is 1. The Labute approximate surface area is 123 Å². The number of ether oxygens (including phenoxy) is 1. The molecule has 5 nitrogen and oxygen atoms in total. The largest absolute Gasteiger partial charge is 0.462 e. The number of nitrogen functional groups attached to an aromatic ring is 1. The highest BCUT2D eigenvalue weighted by Gasteiger charge is 2.24.